The average molecular weight is 247 g/mol. The molecule has 1 aromatic carbocycles. The normalized spacial score (nSPS) is 9.61. The number of para-hydroxylation sites is 1. The molecule has 0 aliphatic heterocycles. The van der Waals surface area contributed by atoms with E-state index in [4.69, 9.17) is 11.0 Å². The standard InChI is InChI=1S/C13H17N3O2/c1-3-16(9-5-8-14)11-7-4-6-10(12(11)15)13(17)18-2/h4,6-7H,3,5,9,15H2,1-2H3. The molecule has 0 fully saturated rings. The predicted octanol–water partition coefficient (Wildman–Crippen LogP) is 1.80. The fraction of sp³-hybridized carbons (Fsp3) is 0.385. The van der Waals surface area contributed by atoms with Crippen LogP contribution in [-0.2, 0) is 4.74 Å². The number of carbonyl (C=O) groups excluding carboxylic acids is 1. The number of rotatable bonds is 5. The third kappa shape index (κ3) is 2.92. The number of nitrogens with two attached hydrogens (primary N) is 1. The highest BCUT2D eigenvalue weighted by molar-refractivity contribution is 5.98. The van der Waals surface area contributed by atoms with Gasteiger partial charge in [-0.3, -0.25) is 0 Å². The van der Waals surface area contributed by atoms with Gasteiger partial charge in [-0.1, -0.05) is 6.07 Å². The minimum absolute atomic E-state index is 0.352. The molecule has 0 saturated carbocycles. The van der Waals surface area contributed by atoms with E-state index in [-0.39, 0.29) is 0 Å². The van der Waals surface area contributed by atoms with Gasteiger partial charge in [-0.05, 0) is 19.1 Å². The van der Waals surface area contributed by atoms with E-state index in [2.05, 4.69) is 10.8 Å². The Kier molecular flexibility index (Phi) is 5.00. The molecule has 0 aliphatic carbocycles. The topological polar surface area (TPSA) is 79.3 Å². The van der Waals surface area contributed by atoms with Crippen molar-refractivity contribution >= 4 is 17.3 Å². The number of nitrogens with zero attached hydrogens (tertiary/aromatic N) is 2. The van der Waals surface area contributed by atoms with Crippen molar-refractivity contribution < 1.29 is 9.53 Å². The number of ether oxygens (including phenoxy) is 1. The molecule has 5 heteroatoms. The van der Waals surface area contributed by atoms with Crippen molar-refractivity contribution in [3.8, 4) is 6.07 Å². The zero-order valence-electron chi connectivity index (χ0n) is 10.6. The van der Waals surface area contributed by atoms with Gasteiger partial charge in [-0.2, -0.15) is 5.26 Å². The Morgan fingerprint density at radius 3 is 2.83 bits per heavy atom. The summed E-state index contributed by atoms with van der Waals surface area (Å²) in [6.07, 6.45) is 0.412. The van der Waals surface area contributed by atoms with E-state index in [9.17, 15) is 4.79 Å². The van der Waals surface area contributed by atoms with Crippen LogP contribution in [0.25, 0.3) is 0 Å². The van der Waals surface area contributed by atoms with Crippen LogP contribution in [0.1, 0.15) is 23.7 Å². The second-order valence-corrected chi connectivity index (χ2v) is 3.72. The van der Waals surface area contributed by atoms with Gasteiger partial charge in [0, 0.05) is 13.1 Å². The summed E-state index contributed by atoms with van der Waals surface area (Å²) >= 11 is 0. The lowest BCUT2D eigenvalue weighted by atomic mass is 10.1. The molecule has 5 nitrogen and oxygen atoms in total. The molecule has 96 valence electrons. The third-order valence-corrected chi connectivity index (χ3v) is 2.70. The Morgan fingerprint density at radius 1 is 1.56 bits per heavy atom. The lowest BCUT2D eigenvalue weighted by Crippen LogP contribution is -2.25. The number of methoxy groups -OCH3 is 1. The van der Waals surface area contributed by atoms with Crippen LogP contribution in [0.3, 0.4) is 0 Å². The van der Waals surface area contributed by atoms with Gasteiger partial charge in [-0.25, -0.2) is 4.79 Å². The number of esters is 1. The van der Waals surface area contributed by atoms with Gasteiger partial charge in [0.1, 0.15) is 0 Å². The average Bonchev–Trinajstić information content (AvgIpc) is 2.40. The van der Waals surface area contributed by atoms with Crippen LogP contribution in [0.5, 0.6) is 0 Å². The molecule has 1 rings (SSSR count). The van der Waals surface area contributed by atoms with Crippen molar-refractivity contribution in [1.82, 2.24) is 0 Å². The van der Waals surface area contributed by atoms with Crippen LogP contribution in [0.2, 0.25) is 0 Å². The van der Waals surface area contributed by atoms with Crippen LogP contribution in [0, 0.1) is 11.3 Å². The lowest BCUT2D eigenvalue weighted by Gasteiger charge is -2.24. The van der Waals surface area contributed by atoms with Crippen molar-refractivity contribution in [2.75, 3.05) is 30.8 Å². The fourth-order valence-electron chi connectivity index (χ4n) is 1.75. The number of benzene rings is 1. The molecule has 18 heavy (non-hydrogen) atoms. The molecule has 0 aromatic heterocycles. The molecule has 0 radical (unpaired) electrons. The smallest absolute Gasteiger partial charge is 0.340 e. The monoisotopic (exact) mass is 247 g/mol. The Balaban J connectivity index is 3.08. The summed E-state index contributed by atoms with van der Waals surface area (Å²) in [5.41, 5.74) is 7.49. The number of nitriles is 1. The van der Waals surface area contributed by atoms with Crippen molar-refractivity contribution in [2.24, 2.45) is 0 Å². The first-order chi connectivity index (χ1) is 8.65. The van der Waals surface area contributed by atoms with E-state index in [0.29, 0.717) is 24.2 Å². The molecule has 0 bridgehead atoms. The molecular formula is C13H17N3O2. The second-order valence-electron chi connectivity index (χ2n) is 3.72. The highest BCUT2D eigenvalue weighted by Gasteiger charge is 2.15. The quantitative estimate of drug-likeness (QED) is 0.634. The maximum absolute atomic E-state index is 11.5. The van der Waals surface area contributed by atoms with E-state index in [1.807, 2.05) is 17.9 Å². The van der Waals surface area contributed by atoms with Gasteiger partial charge < -0.3 is 15.4 Å². The van der Waals surface area contributed by atoms with Crippen molar-refractivity contribution in [3.05, 3.63) is 23.8 Å². The number of carbonyl (C=O) groups is 1. The highest BCUT2D eigenvalue weighted by atomic mass is 16.5. The summed E-state index contributed by atoms with van der Waals surface area (Å²) in [6, 6.07) is 7.32. The van der Waals surface area contributed by atoms with Crippen molar-refractivity contribution in [2.45, 2.75) is 13.3 Å². The fourth-order valence-corrected chi connectivity index (χ4v) is 1.75. The second kappa shape index (κ2) is 6.50. The molecular weight excluding hydrogens is 230 g/mol. The van der Waals surface area contributed by atoms with E-state index in [0.717, 1.165) is 12.2 Å². The van der Waals surface area contributed by atoms with E-state index >= 15 is 0 Å². The van der Waals surface area contributed by atoms with Gasteiger partial charge in [-0.15, -0.1) is 0 Å². The van der Waals surface area contributed by atoms with E-state index < -0.39 is 5.97 Å². The van der Waals surface area contributed by atoms with Gasteiger partial charge in [0.15, 0.2) is 0 Å². The summed E-state index contributed by atoms with van der Waals surface area (Å²) in [6.45, 7) is 3.28. The van der Waals surface area contributed by atoms with Gasteiger partial charge in [0.2, 0.25) is 0 Å². The number of nitrogen functional groups attached to an aromatic ring is 1. The molecule has 0 saturated heterocycles. The molecule has 0 atom stereocenters. The Bertz CT molecular complexity index is 466. The molecule has 0 spiro atoms. The van der Waals surface area contributed by atoms with Crippen LogP contribution in [0.4, 0.5) is 11.4 Å². The summed E-state index contributed by atoms with van der Waals surface area (Å²) in [5, 5.41) is 8.63. The largest absolute Gasteiger partial charge is 0.465 e. The van der Waals surface area contributed by atoms with E-state index in [1.165, 1.54) is 7.11 Å². The first kappa shape index (κ1) is 13.8. The van der Waals surface area contributed by atoms with E-state index in [1.54, 1.807) is 12.1 Å². The third-order valence-electron chi connectivity index (χ3n) is 2.70. The Hall–Kier alpha value is -2.22. The summed E-state index contributed by atoms with van der Waals surface area (Å²) in [4.78, 5) is 13.5. The molecule has 0 heterocycles. The first-order valence-electron chi connectivity index (χ1n) is 5.74. The number of hydrogen-bond donors (Lipinski definition) is 1. The minimum Gasteiger partial charge on any atom is -0.465 e. The van der Waals surface area contributed by atoms with Gasteiger partial charge in [0.25, 0.3) is 0 Å². The molecule has 2 N–H and O–H groups in total. The molecule has 0 amide bonds. The number of anilines is 2. The van der Waals surface area contributed by atoms with Gasteiger partial charge in [0.05, 0.1) is 36.5 Å². The van der Waals surface area contributed by atoms with Crippen LogP contribution in [-0.4, -0.2) is 26.2 Å². The van der Waals surface area contributed by atoms with Crippen molar-refractivity contribution in [1.29, 1.82) is 5.26 Å². The van der Waals surface area contributed by atoms with Crippen molar-refractivity contribution in [3.63, 3.8) is 0 Å². The maximum atomic E-state index is 11.5. The molecule has 0 unspecified atom stereocenters. The first-order valence-corrected chi connectivity index (χ1v) is 5.74. The maximum Gasteiger partial charge on any atom is 0.340 e. The number of hydrogen-bond acceptors (Lipinski definition) is 5. The van der Waals surface area contributed by atoms with Crippen LogP contribution < -0.4 is 10.6 Å². The lowest BCUT2D eigenvalue weighted by molar-refractivity contribution is 0.0602. The zero-order chi connectivity index (χ0) is 13.5. The van der Waals surface area contributed by atoms with Crippen LogP contribution in [0.15, 0.2) is 18.2 Å². The summed E-state index contributed by atoms with van der Waals surface area (Å²) < 4.78 is 4.68. The highest BCUT2D eigenvalue weighted by Crippen LogP contribution is 2.27. The molecule has 0 aliphatic rings. The minimum atomic E-state index is -0.453. The SMILES string of the molecule is CCN(CCC#N)c1cccc(C(=O)OC)c1N. The van der Waals surface area contributed by atoms with Gasteiger partial charge >= 0.3 is 5.97 Å². The van der Waals surface area contributed by atoms with Crippen LogP contribution >= 0.6 is 0 Å². The summed E-state index contributed by atoms with van der Waals surface area (Å²) in [5.74, 6) is -0.453. The zero-order valence-corrected chi connectivity index (χ0v) is 10.6. The Morgan fingerprint density at radius 2 is 2.28 bits per heavy atom. The molecule has 1 aromatic rings. The Labute approximate surface area is 107 Å². The summed E-state index contributed by atoms with van der Waals surface area (Å²) in [7, 11) is 1.32. The predicted molar refractivity (Wildman–Crippen MR) is 70.3 cm³/mol.